The highest BCUT2D eigenvalue weighted by Crippen LogP contribution is 2.28. The predicted molar refractivity (Wildman–Crippen MR) is 125 cm³/mol. The fourth-order valence-electron chi connectivity index (χ4n) is 4.55. The average Bonchev–Trinajstić information content (AvgIpc) is 2.77. The van der Waals surface area contributed by atoms with Crippen LogP contribution in [0.3, 0.4) is 0 Å². The molecule has 1 aliphatic rings. The molecule has 4 N–H and O–H groups in total. The van der Waals surface area contributed by atoms with Gasteiger partial charge in [0.2, 0.25) is 0 Å². The zero-order chi connectivity index (χ0) is 25.0. The number of hydrogen-bond acceptors (Lipinski definition) is 3. The minimum Gasteiger partial charge on any atom is -0.480 e. The molecule has 1 saturated carbocycles. The summed E-state index contributed by atoms with van der Waals surface area (Å²) in [6, 6.07) is 3.21. The van der Waals surface area contributed by atoms with Gasteiger partial charge in [0.1, 0.15) is 6.04 Å². The average molecular weight is 474 g/mol. The topological polar surface area (TPSA) is 108 Å². The van der Waals surface area contributed by atoms with Crippen molar-refractivity contribution in [3.05, 3.63) is 58.2 Å². The molecular formula is C25H29F2N3O4. The molecule has 0 aliphatic heterocycles. The molecule has 0 aromatic heterocycles. The van der Waals surface area contributed by atoms with E-state index < -0.39 is 35.6 Å². The Morgan fingerprint density at radius 3 is 2.09 bits per heavy atom. The number of urea groups is 1. The van der Waals surface area contributed by atoms with E-state index in [0.717, 1.165) is 36.0 Å². The second-order valence-corrected chi connectivity index (χ2v) is 8.85. The van der Waals surface area contributed by atoms with Gasteiger partial charge >= 0.3 is 12.0 Å². The Morgan fingerprint density at radius 2 is 1.50 bits per heavy atom. The summed E-state index contributed by atoms with van der Waals surface area (Å²) in [6.07, 6.45) is 4.03. The van der Waals surface area contributed by atoms with Gasteiger partial charge in [-0.2, -0.15) is 0 Å². The van der Waals surface area contributed by atoms with Gasteiger partial charge in [0.25, 0.3) is 5.91 Å². The minimum absolute atomic E-state index is 0.257. The molecule has 34 heavy (non-hydrogen) atoms. The number of aryl methyl sites for hydroxylation is 3. The highest BCUT2D eigenvalue weighted by atomic mass is 19.2. The van der Waals surface area contributed by atoms with Gasteiger partial charge in [-0.1, -0.05) is 37.0 Å². The molecule has 2 aromatic carbocycles. The lowest BCUT2D eigenvalue weighted by molar-refractivity contribution is -0.141. The molecular weight excluding hydrogens is 444 g/mol. The van der Waals surface area contributed by atoms with Crippen LogP contribution in [-0.4, -0.2) is 29.1 Å². The molecule has 0 radical (unpaired) electrons. The number of aliphatic carboxylic acids is 1. The highest BCUT2D eigenvalue weighted by molar-refractivity contribution is 6.07. The summed E-state index contributed by atoms with van der Waals surface area (Å²) < 4.78 is 28.0. The Bertz CT molecular complexity index is 1090. The van der Waals surface area contributed by atoms with Crippen molar-refractivity contribution in [1.29, 1.82) is 0 Å². The second-order valence-electron chi connectivity index (χ2n) is 8.85. The molecule has 1 aliphatic carbocycles. The predicted octanol–water partition coefficient (Wildman–Crippen LogP) is 5.30. The van der Waals surface area contributed by atoms with Crippen LogP contribution in [0.2, 0.25) is 0 Å². The van der Waals surface area contributed by atoms with E-state index in [4.69, 9.17) is 0 Å². The number of halogens is 2. The van der Waals surface area contributed by atoms with E-state index in [1.54, 1.807) is 0 Å². The van der Waals surface area contributed by atoms with E-state index in [9.17, 15) is 28.3 Å². The highest BCUT2D eigenvalue weighted by Gasteiger charge is 2.32. The third kappa shape index (κ3) is 5.89. The third-order valence-electron chi connectivity index (χ3n) is 6.14. The summed E-state index contributed by atoms with van der Waals surface area (Å²) in [7, 11) is 0. The van der Waals surface area contributed by atoms with Crippen molar-refractivity contribution in [3.8, 4) is 0 Å². The fourth-order valence-corrected chi connectivity index (χ4v) is 4.55. The number of carbonyl (C=O) groups is 3. The maximum Gasteiger partial charge on any atom is 0.326 e. The van der Waals surface area contributed by atoms with Crippen LogP contribution in [-0.2, 0) is 4.79 Å². The quantitative estimate of drug-likeness (QED) is 0.457. The SMILES string of the molecule is Cc1cc(C)c(NC(=O)Nc2cc(F)c(F)cc2C(=O)N[C@H](C(=O)O)C2CCCCC2)c(C)c1. The maximum absolute atomic E-state index is 14.0. The molecule has 1 fully saturated rings. The first-order chi connectivity index (χ1) is 16.1. The molecule has 3 rings (SSSR count). The first-order valence-corrected chi connectivity index (χ1v) is 11.3. The van der Waals surface area contributed by atoms with Crippen LogP contribution in [0, 0.1) is 38.3 Å². The summed E-state index contributed by atoms with van der Waals surface area (Å²) in [4.78, 5) is 37.4. The van der Waals surface area contributed by atoms with Gasteiger partial charge in [-0.3, -0.25) is 4.79 Å². The summed E-state index contributed by atoms with van der Waals surface area (Å²) >= 11 is 0. The Morgan fingerprint density at radius 1 is 0.912 bits per heavy atom. The molecule has 3 amide bonds. The number of amides is 3. The standard InChI is InChI=1S/C25H29F2N3O4/c1-13-9-14(2)21(15(3)10-13)30-25(34)28-20-12-19(27)18(26)11-17(20)23(31)29-22(24(32)33)16-7-5-4-6-8-16/h9-12,16,22H,4-8H2,1-3H3,(H,29,31)(H,32,33)(H2,28,30,34)/t22-/m0/s1. The van der Waals surface area contributed by atoms with Crippen molar-refractivity contribution in [2.24, 2.45) is 5.92 Å². The lowest BCUT2D eigenvalue weighted by Gasteiger charge is -2.28. The van der Waals surface area contributed by atoms with Crippen LogP contribution < -0.4 is 16.0 Å². The van der Waals surface area contributed by atoms with Gasteiger partial charge in [-0.25, -0.2) is 18.4 Å². The number of benzene rings is 2. The Kier molecular flexibility index (Phi) is 7.86. The minimum atomic E-state index is -1.29. The van der Waals surface area contributed by atoms with Crippen LogP contribution in [0.1, 0.15) is 59.2 Å². The Balaban J connectivity index is 1.83. The number of anilines is 2. The number of carboxylic acid groups (broad SMARTS) is 1. The van der Waals surface area contributed by atoms with E-state index >= 15 is 0 Å². The molecule has 9 heteroatoms. The normalized spacial score (nSPS) is 14.9. The van der Waals surface area contributed by atoms with Crippen molar-refractivity contribution in [3.63, 3.8) is 0 Å². The van der Waals surface area contributed by atoms with Crippen LogP contribution in [0.15, 0.2) is 24.3 Å². The van der Waals surface area contributed by atoms with Gasteiger partial charge in [0, 0.05) is 11.8 Å². The van der Waals surface area contributed by atoms with Crippen LogP contribution in [0.5, 0.6) is 0 Å². The smallest absolute Gasteiger partial charge is 0.326 e. The third-order valence-corrected chi connectivity index (χ3v) is 6.14. The van der Waals surface area contributed by atoms with Gasteiger partial charge in [-0.15, -0.1) is 0 Å². The lowest BCUT2D eigenvalue weighted by atomic mass is 9.84. The number of hydrogen-bond donors (Lipinski definition) is 4. The molecule has 0 saturated heterocycles. The molecule has 0 unspecified atom stereocenters. The summed E-state index contributed by atoms with van der Waals surface area (Å²) in [5, 5.41) is 17.1. The van der Waals surface area contributed by atoms with Gasteiger partial charge in [0.15, 0.2) is 11.6 Å². The molecule has 7 nitrogen and oxygen atoms in total. The van der Waals surface area contributed by atoms with E-state index in [0.29, 0.717) is 30.7 Å². The second kappa shape index (κ2) is 10.6. The van der Waals surface area contributed by atoms with Crippen LogP contribution in [0.4, 0.5) is 25.0 Å². The summed E-state index contributed by atoms with van der Waals surface area (Å²) in [5.74, 6) is -4.90. The van der Waals surface area contributed by atoms with E-state index in [2.05, 4.69) is 16.0 Å². The fraction of sp³-hybridized carbons (Fsp3) is 0.400. The lowest BCUT2D eigenvalue weighted by Crippen LogP contribution is -2.46. The molecule has 182 valence electrons. The van der Waals surface area contributed by atoms with Crippen molar-refractivity contribution >= 4 is 29.3 Å². The molecule has 0 heterocycles. The maximum atomic E-state index is 14.0. The van der Waals surface area contributed by atoms with Crippen molar-refractivity contribution in [2.45, 2.75) is 58.9 Å². The van der Waals surface area contributed by atoms with Gasteiger partial charge < -0.3 is 21.1 Å². The molecule has 0 spiro atoms. The zero-order valence-electron chi connectivity index (χ0n) is 19.4. The molecule has 1 atom stereocenters. The Labute approximate surface area is 196 Å². The largest absolute Gasteiger partial charge is 0.480 e. The monoisotopic (exact) mass is 473 g/mol. The zero-order valence-corrected chi connectivity index (χ0v) is 19.4. The van der Waals surface area contributed by atoms with Crippen molar-refractivity contribution < 1.29 is 28.3 Å². The van der Waals surface area contributed by atoms with Crippen molar-refractivity contribution in [2.75, 3.05) is 10.6 Å². The van der Waals surface area contributed by atoms with E-state index in [1.165, 1.54) is 0 Å². The van der Waals surface area contributed by atoms with Gasteiger partial charge in [0.05, 0.1) is 11.3 Å². The number of rotatable bonds is 6. The van der Waals surface area contributed by atoms with Crippen LogP contribution in [0.25, 0.3) is 0 Å². The number of nitrogens with one attached hydrogen (secondary N) is 3. The first kappa shape index (κ1) is 25.1. The number of carbonyl (C=O) groups excluding carboxylic acids is 2. The summed E-state index contributed by atoms with van der Waals surface area (Å²) in [5.41, 5.74) is 2.56. The number of carboxylic acids is 1. The van der Waals surface area contributed by atoms with E-state index in [-0.39, 0.29) is 17.2 Å². The first-order valence-electron chi connectivity index (χ1n) is 11.3. The van der Waals surface area contributed by atoms with Crippen LogP contribution >= 0.6 is 0 Å². The van der Waals surface area contributed by atoms with Crippen molar-refractivity contribution in [1.82, 2.24) is 5.32 Å². The molecule has 0 bridgehead atoms. The van der Waals surface area contributed by atoms with Gasteiger partial charge in [-0.05, 0) is 56.7 Å². The Hall–Kier alpha value is -3.49. The van der Waals surface area contributed by atoms with E-state index in [1.807, 2.05) is 32.9 Å². The molecule has 2 aromatic rings. The summed E-state index contributed by atoms with van der Waals surface area (Å²) in [6.45, 7) is 5.57.